The number of rotatable bonds is 5. The second kappa shape index (κ2) is 7.66. The molecule has 0 saturated carbocycles. The number of para-hydroxylation sites is 1. The van der Waals surface area contributed by atoms with E-state index in [1.165, 1.54) is 5.56 Å². The zero-order chi connectivity index (χ0) is 15.2. The van der Waals surface area contributed by atoms with Crippen molar-refractivity contribution in [3.05, 3.63) is 28.8 Å². The van der Waals surface area contributed by atoms with Crippen molar-refractivity contribution in [2.75, 3.05) is 24.5 Å². The fourth-order valence-electron chi connectivity index (χ4n) is 2.85. The molecule has 0 aliphatic carbocycles. The lowest BCUT2D eigenvalue weighted by atomic mass is 10.0. The Morgan fingerprint density at radius 2 is 2.10 bits per heavy atom. The van der Waals surface area contributed by atoms with Crippen molar-refractivity contribution < 1.29 is 4.79 Å². The summed E-state index contributed by atoms with van der Waals surface area (Å²) >= 11 is 6.42. The van der Waals surface area contributed by atoms with Crippen LogP contribution in [0.25, 0.3) is 0 Å². The molecule has 0 radical (unpaired) electrons. The molecule has 0 aromatic heterocycles. The molecule has 0 bridgehead atoms. The lowest BCUT2D eigenvalue weighted by Crippen LogP contribution is -2.44. The summed E-state index contributed by atoms with van der Waals surface area (Å²) in [5.41, 5.74) is 2.38. The van der Waals surface area contributed by atoms with Crippen LogP contribution in [-0.2, 0) is 11.3 Å². The van der Waals surface area contributed by atoms with Crippen LogP contribution >= 0.6 is 11.6 Å². The predicted octanol–water partition coefficient (Wildman–Crippen LogP) is 2.55. The van der Waals surface area contributed by atoms with Gasteiger partial charge >= 0.3 is 0 Å². The van der Waals surface area contributed by atoms with Gasteiger partial charge in [-0.15, -0.1) is 0 Å². The number of halogens is 1. The minimum atomic E-state index is 0.0547. The zero-order valence-corrected chi connectivity index (χ0v) is 13.5. The number of nitrogens with zero attached hydrogens (tertiary/aromatic N) is 1. The molecule has 1 saturated heterocycles. The number of benzene rings is 1. The van der Waals surface area contributed by atoms with E-state index < -0.39 is 0 Å². The van der Waals surface area contributed by atoms with Gasteiger partial charge in [0.25, 0.3) is 0 Å². The van der Waals surface area contributed by atoms with Gasteiger partial charge in [-0.05, 0) is 31.0 Å². The Morgan fingerprint density at radius 1 is 1.38 bits per heavy atom. The minimum absolute atomic E-state index is 0.0547. The van der Waals surface area contributed by atoms with E-state index >= 15 is 0 Å². The Bertz CT molecular complexity index is 484. The van der Waals surface area contributed by atoms with Crippen molar-refractivity contribution >= 4 is 23.2 Å². The summed E-state index contributed by atoms with van der Waals surface area (Å²) in [5, 5.41) is 7.18. The number of amides is 1. The number of nitrogens with one attached hydrogen (secondary N) is 2. The van der Waals surface area contributed by atoms with Crippen molar-refractivity contribution in [1.82, 2.24) is 10.6 Å². The lowest BCUT2D eigenvalue weighted by Gasteiger charge is -2.35. The number of carbonyl (C=O) groups excluding carboxylic acids is 1. The van der Waals surface area contributed by atoms with Gasteiger partial charge in [0.2, 0.25) is 5.91 Å². The third kappa shape index (κ3) is 4.35. The van der Waals surface area contributed by atoms with Crippen LogP contribution in [0, 0.1) is 0 Å². The first-order chi connectivity index (χ1) is 10.1. The summed E-state index contributed by atoms with van der Waals surface area (Å²) in [5.74, 6) is 0.0547. The molecule has 1 fully saturated rings. The SMILES string of the molecule is CCNCc1cccc(Cl)c1N1CCC(NC(C)=O)CC1. The van der Waals surface area contributed by atoms with Crippen LogP contribution in [0.5, 0.6) is 0 Å². The third-order valence-corrected chi connectivity index (χ3v) is 4.16. The van der Waals surface area contributed by atoms with Gasteiger partial charge in [-0.2, -0.15) is 0 Å². The second-order valence-corrected chi connectivity index (χ2v) is 5.90. The molecule has 2 N–H and O–H groups in total. The van der Waals surface area contributed by atoms with Gasteiger partial charge in [-0.3, -0.25) is 4.79 Å². The smallest absolute Gasteiger partial charge is 0.217 e. The normalized spacial score (nSPS) is 16.0. The molecule has 1 heterocycles. The largest absolute Gasteiger partial charge is 0.370 e. The van der Waals surface area contributed by atoms with E-state index in [0.29, 0.717) is 6.04 Å². The van der Waals surface area contributed by atoms with Gasteiger partial charge in [0.05, 0.1) is 10.7 Å². The maximum atomic E-state index is 11.1. The van der Waals surface area contributed by atoms with E-state index in [1.54, 1.807) is 6.92 Å². The van der Waals surface area contributed by atoms with Crippen LogP contribution in [0.2, 0.25) is 5.02 Å². The summed E-state index contributed by atoms with van der Waals surface area (Å²) in [7, 11) is 0. The summed E-state index contributed by atoms with van der Waals surface area (Å²) in [6, 6.07) is 6.37. The Hall–Kier alpha value is -1.26. The molecule has 21 heavy (non-hydrogen) atoms. The van der Waals surface area contributed by atoms with Crippen molar-refractivity contribution in [2.24, 2.45) is 0 Å². The molecule has 116 valence electrons. The first-order valence-corrected chi connectivity index (χ1v) is 7.99. The van der Waals surface area contributed by atoms with Gasteiger partial charge in [0.15, 0.2) is 0 Å². The standard InChI is InChI=1S/C16H24ClN3O/c1-3-18-11-13-5-4-6-15(17)16(13)20-9-7-14(8-10-20)19-12(2)21/h4-6,14,18H,3,7-11H2,1-2H3,(H,19,21). The minimum Gasteiger partial charge on any atom is -0.370 e. The van der Waals surface area contributed by atoms with Crippen molar-refractivity contribution in [3.8, 4) is 0 Å². The number of piperidine rings is 1. The fraction of sp³-hybridized carbons (Fsp3) is 0.562. The fourth-order valence-corrected chi connectivity index (χ4v) is 3.16. The van der Waals surface area contributed by atoms with Gasteiger partial charge in [-0.25, -0.2) is 0 Å². The maximum Gasteiger partial charge on any atom is 0.217 e. The highest BCUT2D eigenvalue weighted by Gasteiger charge is 2.22. The van der Waals surface area contributed by atoms with Gasteiger partial charge in [0.1, 0.15) is 0 Å². The molecular formula is C16H24ClN3O. The molecule has 1 aliphatic heterocycles. The first kappa shape index (κ1) is 16.1. The van der Waals surface area contributed by atoms with Crippen LogP contribution in [0.3, 0.4) is 0 Å². The molecule has 1 aromatic rings. The molecule has 0 atom stereocenters. The molecule has 5 heteroatoms. The van der Waals surface area contributed by atoms with Crippen molar-refractivity contribution in [3.63, 3.8) is 0 Å². The van der Waals surface area contributed by atoms with Crippen molar-refractivity contribution in [2.45, 2.75) is 39.3 Å². The number of anilines is 1. The number of hydrogen-bond donors (Lipinski definition) is 2. The topological polar surface area (TPSA) is 44.4 Å². The highest BCUT2D eigenvalue weighted by atomic mass is 35.5. The molecule has 1 aromatic carbocycles. The Kier molecular flexibility index (Phi) is 5.88. The maximum absolute atomic E-state index is 11.1. The van der Waals surface area contributed by atoms with E-state index in [9.17, 15) is 4.79 Å². The zero-order valence-electron chi connectivity index (χ0n) is 12.8. The van der Waals surface area contributed by atoms with E-state index in [0.717, 1.165) is 49.7 Å². The predicted molar refractivity (Wildman–Crippen MR) is 87.9 cm³/mol. The molecule has 2 rings (SSSR count). The summed E-state index contributed by atoms with van der Waals surface area (Å²) < 4.78 is 0. The highest BCUT2D eigenvalue weighted by Crippen LogP contribution is 2.32. The Labute approximate surface area is 131 Å². The average Bonchev–Trinajstić information content (AvgIpc) is 2.46. The van der Waals surface area contributed by atoms with Gasteiger partial charge in [-0.1, -0.05) is 30.7 Å². The summed E-state index contributed by atoms with van der Waals surface area (Å²) in [4.78, 5) is 13.5. The second-order valence-electron chi connectivity index (χ2n) is 5.49. The number of hydrogen-bond acceptors (Lipinski definition) is 3. The van der Waals surface area contributed by atoms with Gasteiger partial charge < -0.3 is 15.5 Å². The molecule has 1 amide bonds. The molecule has 4 nitrogen and oxygen atoms in total. The van der Waals surface area contributed by atoms with Crippen LogP contribution in [0.15, 0.2) is 18.2 Å². The van der Waals surface area contributed by atoms with Crippen LogP contribution in [0.1, 0.15) is 32.3 Å². The van der Waals surface area contributed by atoms with Crippen LogP contribution in [0.4, 0.5) is 5.69 Å². The first-order valence-electron chi connectivity index (χ1n) is 7.62. The third-order valence-electron chi connectivity index (χ3n) is 3.85. The Balaban J connectivity index is 2.07. The molecule has 1 aliphatic rings. The summed E-state index contributed by atoms with van der Waals surface area (Å²) in [6.07, 6.45) is 1.93. The average molecular weight is 310 g/mol. The molecular weight excluding hydrogens is 286 g/mol. The number of carbonyl (C=O) groups is 1. The lowest BCUT2D eigenvalue weighted by molar-refractivity contribution is -0.119. The molecule has 0 spiro atoms. The highest BCUT2D eigenvalue weighted by molar-refractivity contribution is 6.33. The Morgan fingerprint density at radius 3 is 2.71 bits per heavy atom. The van der Waals surface area contributed by atoms with Crippen LogP contribution in [-0.4, -0.2) is 31.6 Å². The van der Waals surface area contributed by atoms with Crippen LogP contribution < -0.4 is 15.5 Å². The summed E-state index contributed by atoms with van der Waals surface area (Å²) in [6.45, 7) is 7.30. The van der Waals surface area contributed by atoms with Crippen molar-refractivity contribution in [1.29, 1.82) is 0 Å². The monoisotopic (exact) mass is 309 g/mol. The van der Waals surface area contributed by atoms with Gasteiger partial charge in [0, 0.05) is 32.6 Å². The quantitative estimate of drug-likeness (QED) is 0.878. The van der Waals surface area contributed by atoms with E-state index in [-0.39, 0.29) is 5.91 Å². The van der Waals surface area contributed by atoms with E-state index in [1.807, 2.05) is 12.1 Å². The molecule has 0 unspecified atom stereocenters. The van der Waals surface area contributed by atoms with E-state index in [4.69, 9.17) is 11.6 Å². The van der Waals surface area contributed by atoms with E-state index in [2.05, 4.69) is 28.5 Å².